The predicted octanol–water partition coefficient (Wildman–Crippen LogP) is 6.15. The number of carbonyl (C=O) groups is 2. The van der Waals surface area contributed by atoms with Crippen LogP contribution in [0.3, 0.4) is 0 Å². The lowest BCUT2D eigenvalue weighted by molar-refractivity contribution is -0.119. The molecule has 1 aliphatic carbocycles. The topological polar surface area (TPSA) is 63.2 Å². The van der Waals surface area contributed by atoms with Crippen LogP contribution in [0, 0.1) is 5.82 Å². The molecule has 168 valence electrons. The van der Waals surface area contributed by atoms with Gasteiger partial charge in [-0.3, -0.25) is 14.5 Å². The zero-order valence-corrected chi connectivity index (χ0v) is 19.9. The second kappa shape index (κ2) is 9.37. The maximum atomic E-state index is 14.6. The summed E-state index contributed by atoms with van der Waals surface area (Å²) in [6.07, 6.45) is 1.64. The van der Waals surface area contributed by atoms with Gasteiger partial charge in [-0.15, -0.1) is 10.2 Å². The third-order valence-corrected chi connectivity index (χ3v) is 8.31. The van der Waals surface area contributed by atoms with E-state index >= 15 is 0 Å². The highest BCUT2D eigenvalue weighted by Crippen LogP contribution is 2.45. The second-order valence-corrected chi connectivity index (χ2v) is 10.5. The highest BCUT2D eigenvalue weighted by atomic mass is 35.5. The minimum absolute atomic E-state index is 0.0210. The summed E-state index contributed by atoms with van der Waals surface area (Å²) in [6, 6.07) is 14.0. The van der Waals surface area contributed by atoms with Crippen LogP contribution in [0.5, 0.6) is 0 Å². The zero-order chi connectivity index (χ0) is 22.9. The Morgan fingerprint density at radius 3 is 2.70 bits per heavy atom. The van der Waals surface area contributed by atoms with Crippen molar-refractivity contribution in [3.63, 3.8) is 0 Å². The summed E-state index contributed by atoms with van der Waals surface area (Å²) in [6.45, 7) is 0. The number of carbonyl (C=O) groups excluding carboxylic acids is 2. The van der Waals surface area contributed by atoms with Crippen molar-refractivity contribution in [2.45, 2.75) is 41.7 Å². The molecule has 0 spiro atoms. The number of ketones is 1. The Kier molecular flexibility index (Phi) is 6.32. The molecule has 0 bridgehead atoms. The molecule has 1 atom stereocenters. The molecule has 0 radical (unpaired) electrons. The van der Waals surface area contributed by atoms with Gasteiger partial charge in [0.05, 0.1) is 0 Å². The summed E-state index contributed by atoms with van der Waals surface area (Å²) in [7, 11) is 0. The van der Waals surface area contributed by atoms with Crippen molar-refractivity contribution in [3.8, 4) is 0 Å². The van der Waals surface area contributed by atoms with E-state index in [1.807, 2.05) is 24.3 Å². The van der Waals surface area contributed by atoms with E-state index < -0.39 is 11.7 Å². The molecular weight excluding hydrogens is 481 g/mol. The minimum atomic E-state index is -0.570. The Hall–Kier alpha value is -2.55. The maximum Gasteiger partial charge on any atom is 0.234 e. The van der Waals surface area contributed by atoms with Crippen molar-refractivity contribution in [2.75, 3.05) is 4.90 Å². The quantitative estimate of drug-likeness (QED) is 0.311. The number of aromatic nitrogens is 2. The monoisotopic (exact) mass is 499 g/mol. The molecule has 5 rings (SSSR count). The van der Waals surface area contributed by atoms with Gasteiger partial charge in [-0.2, -0.15) is 0 Å². The lowest BCUT2D eigenvalue weighted by atomic mass is 9.77. The standard InChI is InChI=1S/C24H19ClFN3O2S2/c25-17-8-3-1-6-14(17)13-32-24-28-27-23(33-24)29-19-10-5-11-20(30)22(19)16(12-21(29)31)15-7-2-4-9-18(15)26/h1-4,6-9,16H,5,10-13H2. The van der Waals surface area contributed by atoms with Gasteiger partial charge < -0.3 is 0 Å². The third-order valence-electron chi connectivity index (χ3n) is 5.85. The smallest absolute Gasteiger partial charge is 0.234 e. The van der Waals surface area contributed by atoms with Crippen LogP contribution in [0.4, 0.5) is 9.52 Å². The van der Waals surface area contributed by atoms with Crippen molar-refractivity contribution in [2.24, 2.45) is 0 Å². The number of Topliss-reactive ketones (excluding diaryl/α,β-unsaturated/α-hetero) is 1. The molecule has 2 aliphatic rings. The Labute approximate surface area is 203 Å². The number of anilines is 1. The number of rotatable bonds is 5. The Bertz CT molecular complexity index is 1280. The number of hydrogen-bond donors (Lipinski definition) is 0. The SMILES string of the molecule is O=C1CCCC2=C1C(c1ccccc1F)CC(=O)N2c1nnc(SCc2ccccc2Cl)s1. The Balaban J connectivity index is 1.46. The molecule has 0 saturated carbocycles. The van der Waals surface area contributed by atoms with Gasteiger partial charge in [0.15, 0.2) is 10.1 Å². The average Bonchev–Trinajstić information content (AvgIpc) is 3.27. The Morgan fingerprint density at radius 1 is 1.09 bits per heavy atom. The highest BCUT2D eigenvalue weighted by Gasteiger charge is 2.41. The van der Waals surface area contributed by atoms with E-state index in [4.69, 9.17) is 11.6 Å². The van der Waals surface area contributed by atoms with Crippen LogP contribution in [-0.4, -0.2) is 21.9 Å². The molecule has 0 saturated heterocycles. The molecule has 1 aliphatic heterocycles. The number of allylic oxidation sites excluding steroid dienone is 2. The van der Waals surface area contributed by atoms with E-state index in [-0.39, 0.29) is 18.1 Å². The van der Waals surface area contributed by atoms with Crippen LogP contribution < -0.4 is 4.90 Å². The van der Waals surface area contributed by atoms with Crippen molar-refractivity contribution in [1.82, 2.24) is 10.2 Å². The summed E-state index contributed by atoms with van der Waals surface area (Å²) >= 11 is 9.04. The fourth-order valence-electron chi connectivity index (χ4n) is 4.34. The highest BCUT2D eigenvalue weighted by molar-refractivity contribution is 8.00. The molecule has 33 heavy (non-hydrogen) atoms. The van der Waals surface area contributed by atoms with E-state index in [0.717, 1.165) is 5.56 Å². The van der Waals surface area contributed by atoms with E-state index in [9.17, 15) is 14.0 Å². The molecule has 2 heterocycles. The first-order chi connectivity index (χ1) is 16.0. The van der Waals surface area contributed by atoms with E-state index in [0.29, 0.717) is 56.3 Å². The van der Waals surface area contributed by atoms with Crippen molar-refractivity contribution < 1.29 is 14.0 Å². The van der Waals surface area contributed by atoms with E-state index in [1.54, 1.807) is 18.2 Å². The molecule has 0 fully saturated rings. The van der Waals surface area contributed by atoms with Gasteiger partial charge >= 0.3 is 0 Å². The minimum Gasteiger partial charge on any atom is -0.294 e. The number of halogens is 2. The van der Waals surface area contributed by atoms with Gasteiger partial charge in [0, 0.05) is 40.8 Å². The Morgan fingerprint density at radius 2 is 1.88 bits per heavy atom. The fourth-order valence-corrected chi connectivity index (χ4v) is 6.51. The van der Waals surface area contributed by atoms with Gasteiger partial charge in [-0.05, 0) is 36.1 Å². The van der Waals surface area contributed by atoms with Gasteiger partial charge in [-0.1, -0.05) is 71.1 Å². The summed E-state index contributed by atoms with van der Waals surface area (Å²) in [5.41, 5.74) is 2.55. The molecule has 9 heteroatoms. The molecule has 5 nitrogen and oxygen atoms in total. The summed E-state index contributed by atoms with van der Waals surface area (Å²) in [4.78, 5) is 27.7. The van der Waals surface area contributed by atoms with Crippen LogP contribution in [0.25, 0.3) is 0 Å². The lowest BCUT2D eigenvalue weighted by Crippen LogP contribution is -2.40. The zero-order valence-electron chi connectivity index (χ0n) is 17.5. The number of amides is 1. The normalized spacial score (nSPS) is 18.6. The number of thioether (sulfide) groups is 1. The lowest BCUT2D eigenvalue weighted by Gasteiger charge is -2.36. The maximum absolute atomic E-state index is 14.6. The largest absolute Gasteiger partial charge is 0.294 e. The molecule has 3 aromatic rings. The van der Waals surface area contributed by atoms with Crippen molar-refractivity contribution >= 4 is 51.5 Å². The predicted molar refractivity (Wildman–Crippen MR) is 128 cm³/mol. The van der Waals surface area contributed by atoms with Gasteiger partial charge in [0.1, 0.15) is 5.82 Å². The van der Waals surface area contributed by atoms with Crippen LogP contribution in [0.15, 0.2) is 64.1 Å². The van der Waals surface area contributed by atoms with Crippen molar-refractivity contribution in [3.05, 3.63) is 81.8 Å². The summed E-state index contributed by atoms with van der Waals surface area (Å²) < 4.78 is 15.3. The van der Waals surface area contributed by atoms with Crippen LogP contribution in [-0.2, 0) is 15.3 Å². The molecular formula is C24H19ClFN3O2S2. The molecule has 2 aromatic carbocycles. The van der Waals surface area contributed by atoms with Crippen LogP contribution >= 0.6 is 34.7 Å². The van der Waals surface area contributed by atoms with Gasteiger partial charge in [-0.25, -0.2) is 4.39 Å². The van der Waals surface area contributed by atoms with Gasteiger partial charge in [0.25, 0.3) is 0 Å². The van der Waals surface area contributed by atoms with Crippen LogP contribution in [0.1, 0.15) is 42.7 Å². The molecule has 0 N–H and O–H groups in total. The first-order valence-corrected chi connectivity index (χ1v) is 12.7. The molecule has 1 amide bonds. The molecule has 1 aromatic heterocycles. The number of benzene rings is 2. The average molecular weight is 500 g/mol. The van der Waals surface area contributed by atoms with Crippen LogP contribution in [0.2, 0.25) is 5.02 Å². The second-order valence-electron chi connectivity index (χ2n) is 7.88. The number of hydrogen-bond acceptors (Lipinski definition) is 6. The van der Waals surface area contributed by atoms with E-state index in [1.165, 1.54) is 34.1 Å². The van der Waals surface area contributed by atoms with Crippen molar-refractivity contribution in [1.29, 1.82) is 0 Å². The number of nitrogens with zero attached hydrogens (tertiary/aromatic N) is 3. The first-order valence-electron chi connectivity index (χ1n) is 10.6. The van der Waals surface area contributed by atoms with Gasteiger partial charge in [0.2, 0.25) is 11.0 Å². The van der Waals surface area contributed by atoms with E-state index in [2.05, 4.69) is 10.2 Å². The summed E-state index contributed by atoms with van der Waals surface area (Å²) in [5.74, 6) is -0.567. The molecule has 1 unspecified atom stereocenters. The fraction of sp³-hybridized carbons (Fsp3) is 0.250. The third kappa shape index (κ3) is 4.35. The summed E-state index contributed by atoms with van der Waals surface area (Å²) in [5, 5.41) is 9.63. The first kappa shape index (κ1) is 22.3.